The van der Waals surface area contributed by atoms with Crippen LogP contribution in [0.4, 0.5) is 0 Å². The van der Waals surface area contributed by atoms with Crippen LogP contribution in [0.25, 0.3) is 11.0 Å². The fourth-order valence-corrected chi connectivity index (χ4v) is 2.40. The van der Waals surface area contributed by atoms with Gasteiger partial charge in [0, 0.05) is 25.7 Å². The van der Waals surface area contributed by atoms with E-state index in [1.807, 2.05) is 36.7 Å². The Morgan fingerprint density at radius 2 is 2.25 bits per heavy atom. The van der Waals surface area contributed by atoms with Crippen molar-refractivity contribution < 1.29 is 9.84 Å². The average Bonchev–Trinajstić information content (AvgIpc) is 2.73. The number of aromatic nitrogens is 2. The molecule has 0 fully saturated rings. The van der Waals surface area contributed by atoms with Crippen LogP contribution >= 0.6 is 11.6 Å². The molecule has 0 aliphatic carbocycles. The highest BCUT2D eigenvalue weighted by Gasteiger charge is 2.15. The molecule has 2 aromatic rings. The van der Waals surface area contributed by atoms with E-state index in [1.165, 1.54) is 0 Å². The molecule has 0 saturated carbocycles. The third-order valence-corrected chi connectivity index (χ3v) is 3.52. The lowest BCUT2D eigenvalue weighted by Gasteiger charge is -2.16. The van der Waals surface area contributed by atoms with Crippen molar-refractivity contribution in [3.63, 3.8) is 0 Å². The van der Waals surface area contributed by atoms with Gasteiger partial charge >= 0.3 is 0 Å². The van der Waals surface area contributed by atoms with E-state index < -0.39 is 6.10 Å². The van der Waals surface area contributed by atoms with Crippen LogP contribution in [0.2, 0.25) is 5.02 Å². The maximum Gasteiger partial charge on any atom is 0.126 e. The molecule has 2 atom stereocenters. The summed E-state index contributed by atoms with van der Waals surface area (Å²) in [6, 6.07) is 5.70. The first-order valence-electron chi connectivity index (χ1n) is 6.55. The second kappa shape index (κ2) is 6.54. The second-order valence-electron chi connectivity index (χ2n) is 4.90. The monoisotopic (exact) mass is 297 g/mol. The van der Waals surface area contributed by atoms with E-state index in [-0.39, 0.29) is 6.04 Å². The number of nitrogens with one attached hydrogen (secondary N) is 1. The molecule has 2 N–H and O–H groups in total. The zero-order chi connectivity index (χ0) is 14.7. The zero-order valence-electron chi connectivity index (χ0n) is 11.9. The van der Waals surface area contributed by atoms with Crippen LogP contribution in [0, 0.1) is 0 Å². The molecular formula is C14H20ClN3O2. The highest BCUT2D eigenvalue weighted by molar-refractivity contribution is 6.31. The summed E-state index contributed by atoms with van der Waals surface area (Å²) in [6.45, 7) is 2.79. The number of methoxy groups -OCH3 is 1. The molecule has 5 nitrogen and oxygen atoms in total. The van der Waals surface area contributed by atoms with Crippen LogP contribution in [-0.4, -0.2) is 41.0 Å². The molecule has 0 saturated heterocycles. The van der Waals surface area contributed by atoms with E-state index in [4.69, 9.17) is 16.3 Å². The first-order valence-corrected chi connectivity index (χ1v) is 6.93. The topological polar surface area (TPSA) is 59.3 Å². The number of benzene rings is 1. The van der Waals surface area contributed by atoms with Gasteiger partial charge in [-0.25, -0.2) is 4.98 Å². The van der Waals surface area contributed by atoms with E-state index in [0.29, 0.717) is 18.2 Å². The number of imidazole rings is 1. The van der Waals surface area contributed by atoms with Gasteiger partial charge in [0.1, 0.15) is 5.82 Å². The summed E-state index contributed by atoms with van der Waals surface area (Å²) in [5.41, 5.74) is 1.91. The third-order valence-electron chi connectivity index (χ3n) is 3.28. The summed E-state index contributed by atoms with van der Waals surface area (Å²) >= 11 is 5.99. The first-order chi connectivity index (χ1) is 9.52. The van der Waals surface area contributed by atoms with Gasteiger partial charge in [-0.1, -0.05) is 11.6 Å². The number of fused-ring (bicyclic) bond motifs is 1. The van der Waals surface area contributed by atoms with Gasteiger partial charge in [-0.05, 0) is 25.1 Å². The Labute approximate surface area is 123 Å². The SMILES string of the molecule is COCC(O)CNC(C)c1nc2cc(Cl)ccc2n1C. The number of hydrogen-bond donors (Lipinski definition) is 2. The Bertz CT molecular complexity index is 585. The molecule has 2 unspecified atom stereocenters. The Morgan fingerprint density at radius 3 is 2.95 bits per heavy atom. The van der Waals surface area contributed by atoms with E-state index >= 15 is 0 Å². The predicted octanol–water partition coefficient (Wildman–Crippen LogP) is 1.88. The van der Waals surface area contributed by atoms with Gasteiger partial charge in [0.05, 0.1) is 29.8 Å². The van der Waals surface area contributed by atoms with Gasteiger partial charge in [-0.15, -0.1) is 0 Å². The lowest BCUT2D eigenvalue weighted by Crippen LogP contribution is -2.32. The number of nitrogens with zero attached hydrogens (tertiary/aromatic N) is 2. The second-order valence-corrected chi connectivity index (χ2v) is 5.34. The molecule has 0 radical (unpaired) electrons. The van der Waals surface area contributed by atoms with Crippen molar-refractivity contribution >= 4 is 22.6 Å². The number of aliphatic hydroxyl groups excluding tert-OH is 1. The minimum atomic E-state index is -0.522. The van der Waals surface area contributed by atoms with Gasteiger partial charge < -0.3 is 19.7 Å². The summed E-state index contributed by atoms with van der Waals surface area (Å²) in [5, 5.41) is 13.6. The highest BCUT2D eigenvalue weighted by Crippen LogP contribution is 2.22. The van der Waals surface area contributed by atoms with Crippen LogP contribution in [0.1, 0.15) is 18.8 Å². The van der Waals surface area contributed by atoms with Crippen LogP contribution in [0.15, 0.2) is 18.2 Å². The normalized spacial score (nSPS) is 14.7. The molecule has 110 valence electrons. The summed E-state index contributed by atoms with van der Waals surface area (Å²) in [6.07, 6.45) is -0.522. The number of ether oxygens (including phenoxy) is 1. The molecular weight excluding hydrogens is 278 g/mol. The van der Waals surface area contributed by atoms with E-state index in [9.17, 15) is 5.11 Å². The highest BCUT2D eigenvalue weighted by atomic mass is 35.5. The van der Waals surface area contributed by atoms with Crippen molar-refractivity contribution in [1.29, 1.82) is 0 Å². The van der Waals surface area contributed by atoms with E-state index in [2.05, 4.69) is 10.3 Å². The third kappa shape index (κ3) is 3.30. The Balaban J connectivity index is 2.13. The molecule has 2 rings (SSSR count). The molecule has 6 heteroatoms. The van der Waals surface area contributed by atoms with Crippen molar-refractivity contribution in [2.24, 2.45) is 7.05 Å². The van der Waals surface area contributed by atoms with Gasteiger partial charge in [0.15, 0.2) is 0 Å². The van der Waals surface area contributed by atoms with Crippen LogP contribution in [-0.2, 0) is 11.8 Å². The van der Waals surface area contributed by atoms with Gasteiger partial charge in [-0.3, -0.25) is 0 Å². The summed E-state index contributed by atoms with van der Waals surface area (Å²) in [7, 11) is 3.55. The quantitative estimate of drug-likeness (QED) is 0.855. The van der Waals surface area contributed by atoms with Crippen molar-refractivity contribution in [2.75, 3.05) is 20.3 Å². The van der Waals surface area contributed by atoms with Gasteiger partial charge in [0.2, 0.25) is 0 Å². The molecule has 20 heavy (non-hydrogen) atoms. The van der Waals surface area contributed by atoms with Crippen LogP contribution < -0.4 is 5.32 Å². The molecule has 0 aliphatic rings. The Kier molecular flexibility index (Phi) is 4.99. The lowest BCUT2D eigenvalue weighted by atomic mass is 10.3. The number of aryl methyl sites for hydroxylation is 1. The van der Waals surface area contributed by atoms with Crippen LogP contribution in [0.5, 0.6) is 0 Å². The van der Waals surface area contributed by atoms with E-state index in [0.717, 1.165) is 16.9 Å². The van der Waals surface area contributed by atoms with Gasteiger partial charge in [0.25, 0.3) is 0 Å². The standard InChI is InChI=1S/C14H20ClN3O2/c1-9(16-7-11(19)8-20-3)14-17-12-6-10(15)4-5-13(12)18(14)2/h4-6,9,11,16,19H,7-8H2,1-3H3. The largest absolute Gasteiger partial charge is 0.389 e. The minimum absolute atomic E-state index is 0.0256. The van der Waals surface area contributed by atoms with Crippen LogP contribution in [0.3, 0.4) is 0 Å². The number of halogens is 1. The molecule has 0 spiro atoms. The lowest BCUT2D eigenvalue weighted by molar-refractivity contribution is 0.0628. The van der Waals surface area contributed by atoms with Crippen molar-refractivity contribution in [3.05, 3.63) is 29.0 Å². The molecule has 0 bridgehead atoms. The smallest absolute Gasteiger partial charge is 0.126 e. The predicted molar refractivity (Wildman–Crippen MR) is 80.0 cm³/mol. The Hall–Kier alpha value is -1.14. The number of aliphatic hydroxyl groups is 1. The molecule has 1 aromatic carbocycles. The first kappa shape index (κ1) is 15.3. The average molecular weight is 298 g/mol. The van der Waals surface area contributed by atoms with Gasteiger partial charge in [-0.2, -0.15) is 0 Å². The molecule has 1 heterocycles. The summed E-state index contributed by atoms with van der Waals surface area (Å²) < 4.78 is 6.93. The maximum atomic E-state index is 9.66. The summed E-state index contributed by atoms with van der Waals surface area (Å²) in [4.78, 5) is 4.60. The fraction of sp³-hybridized carbons (Fsp3) is 0.500. The maximum absolute atomic E-state index is 9.66. The zero-order valence-corrected chi connectivity index (χ0v) is 12.7. The van der Waals surface area contributed by atoms with Crippen molar-refractivity contribution in [2.45, 2.75) is 19.1 Å². The van der Waals surface area contributed by atoms with E-state index in [1.54, 1.807) is 7.11 Å². The minimum Gasteiger partial charge on any atom is -0.389 e. The van der Waals surface area contributed by atoms with Crippen molar-refractivity contribution in [1.82, 2.24) is 14.9 Å². The fourth-order valence-electron chi connectivity index (χ4n) is 2.23. The molecule has 0 aliphatic heterocycles. The number of hydrogen-bond acceptors (Lipinski definition) is 4. The summed E-state index contributed by atoms with van der Waals surface area (Å²) in [5.74, 6) is 0.909. The molecule has 0 amide bonds. The Morgan fingerprint density at radius 1 is 1.50 bits per heavy atom. The van der Waals surface area contributed by atoms with Crippen molar-refractivity contribution in [3.8, 4) is 0 Å². The molecule has 1 aromatic heterocycles. The number of rotatable bonds is 6.